The Kier molecular flexibility index (Phi) is 5.89. The second-order valence-electron chi connectivity index (χ2n) is 9.85. The third-order valence-corrected chi connectivity index (χ3v) is 7.69. The first-order valence-corrected chi connectivity index (χ1v) is 12.2. The summed E-state index contributed by atoms with van der Waals surface area (Å²) in [5.41, 5.74) is 0.187. The molecule has 1 unspecified atom stereocenters. The summed E-state index contributed by atoms with van der Waals surface area (Å²) in [6.45, 7) is 0.751. The van der Waals surface area contributed by atoms with Crippen LogP contribution in [0.15, 0.2) is 24.5 Å². The van der Waals surface area contributed by atoms with Gasteiger partial charge in [0.25, 0.3) is 5.91 Å². The molecule has 2 bridgehead atoms. The molecule has 4 aliphatic rings. The van der Waals surface area contributed by atoms with Crippen molar-refractivity contribution < 1.29 is 28.5 Å². The Labute approximate surface area is 211 Å². The molecule has 1 amide bonds. The lowest BCUT2D eigenvalue weighted by Crippen LogP contribution is -2.65. The van der Waals surface area contributed by atoms with Gasteiger partial charge < -0.3 is 30.0 Å². The minimum atomic E-state index is -0.911. The Morgan fingerprint density at radius 3 is 2.81 bits per heavy atom. The van der Waals surface area contributed by atoms with Crippen LogP contribution in [0.4, 0.5) is 10.2 Å². The van der Waals surface area contributed by atoms with Gasteiger partial charge in [-0.1, -0.05) is 0 Å². The van der Waals surface area contributed by atoms with Crippen molar-refractivity contribution in [3.05, 3.63) is 41.7 Å². The molecule has 12 heteroatoms. The molecule has 3 N–H and O–H groups in total. The molecule has 37 heavy (non-hydrogen) atoms. The van der Waals surface area contributed by atoms with E-state index < -0.39 is 17.5 Å². The van der Waals surface area contributed by atoms with E-state index in [9.17, 15) is 14.3 Å². The van der Waals surface area contributed by atoms with Crippen LogP contribution in [0.25, 0.3) is 11.0 Å². The Morgan fingerprint density at radius 1 is 1.22 bits per heavy atom. The highest BCUT2D eigenvalue weighted by Gasteiger charge is 2.53. The van der Waals surface area contributed by atoms with Crippen LogP contribution >= 0.6 is 0 Å². The van der Waals surface area contributed by atoms with Crippen molar-refractivity contribution in [2.24, 2.45) is 0 Å². The maximum Gasteiger partial charge on any atom is 0.263 e. The first-order chi connectivity index (χ1) is 17.9. The maximum absolute atomic E-state index is 14.8. The van der Waals surface area contributed by atoms with Crippen molar-refractivity contribution in [3.63, 3.8) is 0 Å². The fraction of sp³-hybridized carbons (Fsp3) is 0.480. The molecular weight excluding hydrogens is 483 g/mol. The normalized spacial score (nSPS) is 25.3. The van der Waals surface area contributed by atoms with Crippen LogP contribution in [0.5, 0.6) is 11.6 Å². The molecule has 0 aromatic carbocycles. The van der Waals surface area contributed by atoms with E-state index in [0.29, 0.717) is 65.9 Å². The molecule has 1 aliphatic carbocycles. The van der Waals surface area contributed by atoms with Gasteiger partial charge in [-0.25, -0.2) is 19.3 Å². The van der Waals surface area contributed by atoms with E-state index in [2.05, 4.69) is 30.6 Å². The van der Waals surface area contributed by atoms with E-state index in [1.165, 1.54) is 7.11 Å². The summed E-state index contributed by atoms with van der Waals surface area (Å²) in [4.78, 5) is 28.8. The smallest absolute Gasteiger partial charge is 0.263 e. The zero-order valence-corrected chi connectivity index (χ0v) is 20.3. The van der Waals surface area contributed by atoms with Crippen molar-refractivity contribution >= 4 is 22.8 Å². The molecule has 3 aromatic heterocycles. The van der Waals surface area contributed by atoms with Crippen molar-refractivity contribution in [2.75, 3.05) is 25.6 Å². The van der Waals surface area contributed by atoms with Crippen LogP contribution in [0.3, 0.4) is 0 Å². The van der Waals surface area contributed by atoms with Crippen LogP contribution in [0.2, 0.25) is 0 Å². The number of pyridine rings is 2. The van der Waals surface area contributed by atoms with Gasteiger partial charge in [0, 0.05) is 23.6 Å². The van der Waals surface area contributed by atoms with Crippen molar-refractivity contribution in [1.82, 2.24) is 25.3 Å². The van der Waals surface area contributed by atoms with Gasteiger partial charge in [-0.2, -0.15) is 0 Å². The van der Waals surface area contributed by atoms with E-state index >= 15 is 0 Å². The minimum Gasteiger partial charge on any atom is -0.481 e. The van der Waals surface area contributed by atoms with Gasteiger partial charge in [-0.05, 0) is 31.7 Å². The Morgan fingerprint density at radius 2 is 2.05 bits per heavy atom. The number of fused-ring (bicyclic) bond motifs is 5. The molecule has 7 rings (SSSR count). The topological polar surface area (TPSA) is 141 Å². The molecule has 194 valence electrons. The SMILES string of the molecule is COc1ccc2ncc(F)c(CC(O)C34CCC(NCc5ncc6c(n5)NC(=O)CO6)(CC3)CO4)c2n1. The van der Waals surface area contributed by atoms with Gasteiger partial charge >= 0.3 is 0 Å². The van der Waals surface area contributed by atoms with Gasteiger partial charge in [0.2, 0.25) is 5.88 Å². The van der Waals surface area contributed by atoms with Crippen LogP contribution in [0, 0.1) is 5.82 Å². The minimum absolute atomic E-state index is 0.0449. The van der Waals surface area contributed by atoms with Crippen LogP contribution in [-0.2, 0) is 22.5 Å². The number of amides is 1. The predicted molar refractivity (Wildman–Crippen MR) is 129 cm³/mol. The van der Waals surface area contributed by atoms with Crippen molar-refractivity contribution in [3.8, 4) is 11.6 Å². The molecule has 0 spiro atoms. The molecule has 11 nitrogen and oxygen atoms in total. The molecule has 3 aliphatic heterocycles. The summed E-state index contributed by atoms with van der Waals surface area (Å²) in [7, 11) is 1.50. The highest BCUT2D eigenvalue weighted by atomic mass is 19.1. The van der Waals surface area contributed by atoms with Gasteiger partial charge in [0.15, 0.2) is 18.2 Å². The number of aliphatic hydroxyl groups excluding tert-OH is 1. The maximum atomic E-state index is 14.8. The lowest BCUT2D eigenvalue weighted by atomic mass is 9.68. The predicted octanol–water partition coefficient (Wildman–Crippen LogP) is 1.67. The standard InChI is InChI=1S/C25H27FN6O5/c1-35-21-3-2-16-22(32-21)14(15(26)9-27-16)8-18(33)25-6-4-24(5-7-25,13-37-25)29-11-19-28-10-17-23(30-19)31-20(34)12-36-17/h2-3,9-10,18,29,33H,4-8,11-13H2,1H3,(H,28,30,31,34). The number of carbonyl (C=O) groups is 1. The first-order valence-electron chi connectivity index (χ1n) is 12.2. The lowest BCUT2D eigenvalue weighted by Gasteiger charge is -2.55. The summed E-state index contributed by atoms with van der Waals surface area (Å²) >= 11 is 0. The molecule has 1 atom stereocenters. The van der Waals surface area contributed by atoms with Gasteiger partial charge in [-0.15, -0.1) is 0 Å². The highest BCUT2D eigenvalue weighted by molar-refractivity contribution is 5.94. The number of ether oxygens (including phenoxy) is 3. The quantitative estimate of drug-likeness (QED) is 0.430. The largest absolute Gasteiger partial charge is 0.481 e. The van der Waals surface area contributed by atoms with Gasteiger partial charge in [0.05, 0.1) is 55.4 Å². The molecular formula is C25H27FN6O5. The fourth-order valence-corrected chi connectivity index (χ4v) is 5.41. The number of anilines is 1. The average Bonchev–Trinajstić information content (AvgIpc) is 2.94. The monoisotopic (exact) mass is 510 g/mol. The second-order valence-corrected chi connectivity index (χ2v) is 9.85. The Hall–Kier alpha value is -3.48. The number of hydrogen-bond acceptors (Lipinski definition) is 10. The number of nitrogens with one attached hydrogen (secondary N) is 2. The molecule has 6 heterocycles. The van der Waals surface area contributed by atoms with E-state index in [1.54, 1.807) is 18.3 Å². The van der Waals surface area contributed by atoms with Crippen LogP contribution in [0.1, 0.15) is 37.1 Å². The number of hydrogen-bond donors (Lipinski definition) is 3. The number of carbonyl (C=O) groups excluding carboxylic acids is 1. The third-order valence-electron chi connectivity index (χ3n) is 7.69. The molecule has 1 saturated carbocycles. The van der Waals surface area contributed by atoms with E-state index in [1.807, 2.05) is 0 Å². The van der Waals surface area contributed by atoms with E-state index in [0.717, 1.165) is 19.0 Å². The second kappa shape index (κ2) is 9.12. The molecule has 3 fully saturated rings. The summed E-state index contributed by atoms with van der Waals surface area (Å²) in [6, 6.07) is 3.39. The number of methoxy groups -OCH3 is 1. The van der Waals surface area contributed by atoms with Crippen molar-refractivity contribution in [1.29, 1.82) is 0 Å². The number of nitrogens with zero attached hydrogens (tertiary/aromatic N) is 4. The highest BCUT2D eigenvalue weighted by Crippen LogP contribution is 2.46. The summed E-state index contributed by atoms with van der Waals surface area (Å²) in [5.74, 6) is 0.942. The average molecular weight is 511 g/mol. The Balaban J connectivity index is 1.13. The number of halogens is 1. The summed E-state index contributed by atoms with van der Waals surface area (Å²) in [5, 5.41) is 17.5. The van der Waals surface area contributed by atoms with E-state index in [4.69, 9.17) is 14.2 Å². The van der Waals surface area contributed by atoms with E-state index in [-0.39, 0.29) is 24.5 Å². The number of aromatic nitrogens is 4. The lowest BCUT2D eigenvalue weighted by molar-refractivity contribution is -0.208. The zero-order chi connectivity index (χ0) is 25.6. The van der Waals surface area contributed by atoms with Crippen LogP contribution in [-0.4, -0.2) is 68.5 Å². The number of aliphatic hydroxyl groups is 1. The fourth-order valence-electron chi connectivity index (χ4n) is 5.41. The molecule has 2 saturated heterocycles. The summed E-state index contributed by atoms with van der Waals surface area (Å²) < 4.78 is 31.6. The third kappa shape index (κ3) is 4.34. The van der Waals surface area contributed by atoms with Gasteiger partial charge in [-0.3, -0.25) is 9.78 Å². The Bertz CT molecular complexity index is 1350. The number of rotatable bonds is 7. The molecule has 0 radical (unpaired) electrons. The molecule has 3 aromatic rings. The van der Waals surface area contributed by atoms with Crippen LogP contribution < -0.4 is 20.1 Å². The van der Waals surface area contributed by atoms with Crippen molar-refractivity contribution in [2.45, 2.75) is 55.9 Å². The zero-order valence-electron chi connectivity index (χ0n) is 20.3. The first kappa shape index (κ1) is 23.9. The van der Waals surface area contributed by atoms with Gasteiger partial charge in [0.1, 0.15) is 11.6 Å². The summed E-state index contributed by atoms with van der Waals surface area (Å²) in [6.07, 6.45) is 4.67.